The summed E-state index contributed by atoms with van der Waals surface area (Å²) < 4.78 is 28.0. The molecule has 7 nitrogen and oxygen atoms in total. The van der Waals surface area contributed by atoms with Gasteiger partial charge in [-0.2, -0.15) is 9.40 Å². The van der Waals surface area contributed by atoms with Gasteiger partial charge in [-0.15, -0.1) is 5.10 Å². The van der Waals surface area contributed by atoms with Crippen LogP contribution < -0.4 is 4.90 Å². The lowest BCUT2D eigenvalue weighted by molar-refractivity contribution is 0.309. The molecule has 8 heteroatoms. The van der Waals surface area contributed by atoms with E-state index in [0.29, 0.717) is 18.6 Å². The molecule has 5 rings (SSSR count). The van der Waals surface area contributed by atoms with Crippen LogP contribution in [0.3, 0.4) is 0 Å². The number of likely N-dealkylation sites (N-methyl/N-ethyl adjacent to an activating group) is 1. The maximum Gasteiger partial charge on any atom is 0.245 e. The minimum absolute atomic E-state index is 0.100. The number of anilines is 1. The summed E-state index contributed by atoms with van der Waals surface area (Å²) in [6.45, 7) is 1.22. The van der Waals surface area contributed by atoms with Crippen molar-refractivity contribution in [2.75, 3.05) is 25.0 Å². The quantitative estimate of drug-likeness (QED) is 0.658. The second kappa shape index (κ2) is 7.03. The second-order valence-corrected chi connectivity index (χ2v) is 9.76. The number of benzene rings is 1. The molecule has 29 heavy (non-hydrogen) atoms. The van der Waals surface area contributed by atoms with Gasteiger partial charge >= 0.3 is 0 Å². The molecule has 1 saturated heterocycles. The van der Waals surface area contributed by atoms with Gasteiger partial charge in [-0.3, -0.25) is 4.98 Å². The van der Waals surface area contributed by atoms with Crippen LogP contribution in [0.1, 0.15) is 24.1 Å². The molecule has 1 aromatic carbocycles. The third kappa shape index (κ3) is 3.16. The van der Waals surface area contributed by atoms with Gasteiger partial charge in [0.05, 0.1) is 17.3 Å². The lowest BCUT2D eigenvalue weighted by Gasteiger charge is -2.43. The lowest BCUT2D eigenvalue weighted by atomic mass is 9.96. The van der Waals surface area contributed by atoms with Crippen LogP contribution in [-0.4, -0.2) is 54.1 Å². The van der Waals surface area contributed by atoms with Gasteiger partial charge in [0.1, 0.15) is 4.90 Å². The highest BCUT2D eigenvalue weighted by molar-refractivity contribution is 7.89. The fourth-order valence-electron chi connectivity index (χ4n) is 4.14. The van der Waals surface area contributed by atoms with E-state index in [1.54, 1.807) is 25.4 Å². The maximum absolute atomic E-state index is 13.3. The summed E-state index contributed by atoms with van der Waals surface area (Å²) in [6.07, 6.45) is 6.06. The van der Waals surface area contributed by atoms with E-state index in [1.165, 1.54) is 22.7 Å². The molecule has 0 spiro atoms. The monoisotopic (exact) mass is 409 g/mol. The minimum Gasteiger partial charge on any atom is -0.352 e. The lowest BCUT2D eigenvalue weighted by Crippen LogP contribution is -2.60. The van der Waals surface area contributed by atoms with Gasteiger partial charge in [-0.25, -0.2) is 8.42 Å². The Morgan fingerprint density at radius 1 is 1.07 bits per heavy atom. The average Bonchev–Trinajstić information content (AvgIpc) is 2.72. The highest BCUT2D eigenvalue weighted by Gasteiger charge is 2.38. The standard InChI is InChI=1S/C21H23N5O2S/c1-25(29(27,28)19-10-4-7-15-8-5-11-22-21(15)19)17-13-26(14-17)20-12-16-6-2-3-9-18(16)23-24-20/h4-5,7-8,10-12,17H,2-3,6,9,13-14H2,1H3. The van der Waals surface area contributed by atoms with Crippen molar-refractivity contribution in [1.82, 2.24) is 19.5 Å². The fourth-order valence-corrected chi connectivity index (χ4v) is 5.64. The average molecular weight is 410 g/mol. The van der Waals surface area contributed by atoms with E-state index >= 15 is 0 Å². The summed E-state index contributed by atoms with van der Waals surface area (Å²) in [6, 6.07) is 11.0. The van der Waals surface area contributed by atoms with Crippen molar-refractivity contribution in [2.45, 2.75) is 36.6 Å². The molecule has 2 aliphatic rings. The van der Waals surface area contributed by atoms with Crippen LogP contribution in [-0.2, 0) is 22.9 Å². The summed E-state index contributed by atoms with van der Waals surface area (Å²) in [4.78, 5) is 6.65. The summed E-state index contributed by atoms with van der Waals surface area (Å²) in [5, 5.41) is 9.58. The van der Waals surface area contributed by atoms with Gasteiger partial charge in [-0.1, -0.05) is 18.2 Å². The van der Waals surface area contributed by atoms with Crippen molar-refractivity contribution in [3.63, 3.8) is 0 Å². The Bertz CT molecular complexity index is 1170. The molecule has 0 unspecified atom stereocenters. The molecule has 0 amide bonds. The first-order valence-corrected chi connectivity index (χ1v) is 11.4. The molecule has 0 N–H and O–H groups in total. The molecular weight excluding hydrogens is 386 g/mol. The summed E-state index contributed by atoms with van der Waals surface area (Å²) in [7, 11) is -1.99. The minimum atomic E-state index is -3.64. The normalized spacial score (nSPS) is 17.4. The number of aromatic nitrogens is 3. The fraction of sp³-hybridized carbons (Fsp3) is 0.381. The molecule has 0 atom stereocenters. The molecule has 3 heterocycles. The van der Waals surface area contributed by atoms with Crippen molar-refractivity contribution in [1.29, 1.82) is 0 Å². The zero-order chi connectivity index (χ0) is 20.0. The second-order valence-electron chi connectivity index (χ2n) is 7.79. The third-order valence-corrected chi connectivity index (χ3v) is 7.95. The van der Waals surface area contributed by atoms with Gasteiger partial charge in [0.15, 0.2) is 5.82 Å². The number of sulfonamides is 1. The molecule has 2 aromatic heterocycles. The number of fused-ring (bicyclic) bond motifs is 2. The van der Waals surface area contributed by atoms with Gasteiger partial charge in [0, 0.05) is 31.7 Å². The number of aryl methyl sites for hydroxylation is 2. The van der Waals surface area contributed by atoms with Crippen LogP contribution in [0.5, 0.6) is 0 Å². The Balaban J connectivity index is 1.35. The first-order chi connectivity index (χ1) is 14.0. The van der Waals surface area contributed by atoms with E-state index in [-0.39, 0.29) is 10.9 Å². The van der Waals surface area contributed by atoms with Crippen molar-refractivity contribution < 1.29 is 8.42 Å². The summed E-state index contributed by atoms with van der Waals surface area (Å²) in [5.41, 5.74) is 2.91. The Morgan fingerprint density at radius 2 is 1.86 bits per heavy atom. The predicted octanol–water partition coefficient (Wildman–Crippen LogP) is 2.41. The smallest absolute Gasteiger partial charge is 0.245 e. The molecule has 150 valence electrons. The molecule has 3 aromatic rings. The molecule has 1 fully saturated rings. The van der Waals surface area contributed by atoms with Gasteiger partial charge in [0.25, 0.3) is 0 Å². The van der Waals surface area contributed by atoms with E-state index < -0.39 is 10.0 Å². The highest BCUT2D eigenvalue weighted by atomic mass is 32.2. The largest absolute Gasteiger partial charge is 0.352 e. The van der Waals surface area contributed by atoms with Crippen LogP contribution in [0.15, 0.2) is 47.5 Å². The van der Waals surface area contributed by atoms with Crippen molar-refractivity contribution in [3.05, 3.63) is 53.9 Å². The Hall–Kier alpha value is -2.58. The number of nitrogens with zero attached hydrogens (tertiary/aromatic N) is 5. The summed E-state index contributed by atoms with van der Waals surface area (Å²) >= 11 is 0. The van der Waals surface area contributed by atoms with Gasteiger partial charge in [-0.05, 0) is 49.4 Å². The van der Waals surface area contributed by atoms with Crippen LogP contribution in [0.25, 0.3) is 10.9 Å². The molecule has 0 bridgehead atoms. The van der Waals surface area contributed by atoms with E-state index in [1.807, 2.05) is 18.2 Å². The molecule has 1 aliphatic heterocycles. The molecule has 0 radical (unpaired) electrons. The van der Waals surface area contributed by atoms with E-state index in [4.69, 9.17) is 0 Å². The predicted molar refractivity (Wildman–Crippen MR) is 111 cm³/mol. The third-order valence-electron chi connectivity index (χ3n) is 6.01. The molecule has 1 aliphatic carbocycles. The number of hydrogen-bond donors (Lipinski definition) is 0. The zero-order valence-corrected chi connectivity index (χ0v) is 17.1. The zero-order valence-electron chi connectivity index (χ0n) is 16.3. The highest BCUT2D eigenvalue weighted by Crippen LogP contribution is 2.29. The first kappa shape index (κ1) is 18.4. The van der Waals surface area contributed by atoms with Crippen LogP contribution in [0, 0.1) is 0 Å². The maximum atomic E-state index is 13.3. The van der Waals surface area contributed by atoms with Gasteiger partial charge in [0.2, 0.25) is 10.0 Å². The Labute approximate surface area is 170 Å². The number of rotatable bonds is 4. The summed E-state index contributed by atoms with van der Waals surface area (Å²) in [5.74, 6) is 0.847. The number of para-hydroxylation sites is 1. The van der Waals surface area contributed by atoms with Crippen LogP contribution >= 0.6 is 0 Å². The van der Waals surface area contributed by atoms with E-state index in [9.17, 15) is 8.42 Å². The molecule has 0 saturated carbocycles. The SMILES string of the molecule is CN(C1CN(c2cc3c(nn2)CCCC3)C1)S(=O)(=O)c1cccc2cccnc12. The first-order valence-electron chi connectivity index (χ1n) is 9.96. The van der Waals surface area contributed by atoms with Crippen molar-refractivity contribution in [3.8, 4) is 0 Å². The van der Waals surface area contributed by atoms with Crippen molar-refractivity contribution in [2.24, 2.45) is 0 Å². The van der Waals surface area contributed by atoms with Crippen molar-refractivity contribution >= 4 is 26.7 Å². The van der Waals surface area contributed by atoms with Gasteiger partial charge < -0.3 is 4.90 Å². The van der Waals surface area contributed by atoms with E-state index in [2.05, 4.69) is 26.1 Å². The van der Waals surface area contributed by atoms with Crippen LogP contribution in [0.2, 0.25) is 0 Å². The number of hydrogen-bond acceptors (Lipinski definition) is 6. The Morgan fingerprint density at radius 3 is 2.72 bits per heavy atom. The topological polar surface area (TPSA) is 79.3 Å². The molecular formula is C21H23N5O2S. The van der Waals surface area contributed by atoms with Crippen LogP contribution in [0.4, 0.5) is 5.82 Å². The Kier molecular flexibility index (Phi) is 4.48. The number of pyridine rings is 1. The van der Waals surface area contributed by atoms with E-state index in [0.717, 1.165) is 29.7 Å².